The van der Waals surface area contributed by atoms with Gasteiger partial charge in [0.1, 0.15) is 5.17 Å². The predicted octanol–water partition coefficient (Wildman–Crippen LogP) is 2.44. The molecule has 0 aliphatic carbocycles. The fourth-order valence-electron chi connectivity index (χ4n) is 0.346. The van der Waals surface area contributed by atoms with Crippen molar-refractivity contribution in [1.29, 1.82) is 0 Å². The smallest absolute Gasteiger partial charge is 0.123 e. The molecule has 0 N–H and O–H groups in total. The molecule has 0 spiro atoms. The summed E-state index contributed by atoms with van der Waals surface area (Å²) in [5, 5.41) is 0.512. The molecule has 0 aliphatic heterocycles. The highest BCUT2D eigenvalue weighted by Gasteiger charge is 1.80. The molecule has 0 amide bonds. The molecule has 0 unspecified atom stereocenters. The van der Waals surface area contributed by atoms with Crippen molar-refractivity contribution >= 4 is 28.4 Å². The molecule has 0 aromatic carbocycles. The first-order chi connectivity index (χ1) is 4.31. The van der Waals surface area contributed by atoms with Gasteiger partial charge in [0, 0.05) is 12.4 Å². The fourth-order valence-corrected chi connectivity index (χ4v) is 0.643. The number of rotatable bonds is 3. The Bertz CT molecular complexity index is 118. The van der Waals surface area contributed by atoms with Crippen LogP contribution in [0.2, 0.25) is 0 Å². The second-order valence-electron chi connectivity index (χ2n) is 1.35. The van der Waals surface area contributed by atoms with E-state index in [0.717, 1.165) is 0 Å². The summed E-state index contributed by atoms with van der Waals surface area (Å²) >= 11 is 10.9. The number of allylic oxidation sites excluding steroid dienone is 2. The zero-order chi connectivity index (χ0) is 7.11. The van der Waals surface area contributed by atoms with E-state index in [0.29, 0.717) is 17.6 Å². The van der Waals surface area contributed by atoms with E-state index in [9.17, 15) is 0 Å². The average Bonchev–Trinajstić information content (AvgIpc) is 1.85. The van der Waals surface area contributed by atoms with Gasteiger partial charge in [-0.2, -0.15) is 0 Å². The summed E-state index contributed by atoms with van der Waals surface area (Å²) in [6.45, 7) is 2.64. The molecule has 3 heteroatoms. The Morgan fingerprint density at radius 2 is 2.33 bits per heavy atom. The lowest BCUT2D eigenvalue weighted by Crippen LogP contribution is -1.80. The van der Waals surface area contributed by atoms with Crippen molar-refractivity contribution in [2.75, 3.05) is 12.4 Å². The first-order valence-electron chi connectivity index (χ1n) is 2.73. The van der Waals surface area contributed by atoms with Crippen LogP contribution in [0.4, 0.5) is 0 Å². The van der Waals surface area contributed by atoms with Crippen LogP contribution in [-0.4, -0.2) is 17.6 Å². The van der Waals surface area contributed by atoms with Gasteiger partial charge < -0.3 is 0 Å². The van der Waals surface area contributed by atoms with Gasteiger partial charge in [0.05, 0.1) is 0 Å². The zero-order valence-corrected chi connectivity index (χ0v) is 6.78. The van der Waals surface area contributed by atoms with Crippen molar-refractivity contribution in [2.24, 2.45) is 4.99 Å². The minimum Gasteiger partial charge on any atom is -0.273 e. The van der Waals surface area contributed by atoms with Crippen molar-refractivity contribution in [2.45, 2.75) is 6.92 Å². The van der Waals surface area contributed by atoms with Gasteiger partial charge in [-0.15, -0.1) is 11.6 Å². The van der Waals surface area contributed by atoms with Crippen LogP contribution in [0, 0.1) is 0 Å². The summed E-state index contributed by atoms with van der Waals surface area (Å²) in [5.74, 6) is 0.482. The molecule has 0 fully saturated rings. The molecular formula is C6H9Cl2N. The molecular weight excluding hydrogens is 157 g/mol. The number of halogens is 2. The number of hydrogen-bond donors (Lipinski definition) is 0. The predicted molar refractivity (Wildman–Crippen MR) is 43.7 cm³/mol. The van der Waals surface area contributed by atoms with E-state index in [1.807, 2.05) is 6.92 Å². The van der Waals surface area contributed by atoms with E-state index >= 15 is 0 Å². The molecule has 1 nitrogen and oxygen atoms in total. The van der Waals surface area contributed by atoms with Gasteiger partial charge in [0.25, 0.3) is 0 Å². The second kappa shape index (κ2) is 6.12. The van der Waals surface area contributed by atoms with Crippen LogP contribution in [0.3, 0.4) is 0 Å². The van der Waals surface area contributed by atoms with Gasteiger partial charge in [-0.05, 0) is 13.0 Å². The summed E-state index contributed by atoms with van der Waals surface area (Å²) in [7, 11) is 0. The lowest BCUT2D eigenvalue weighted by Gasteiger charge is -1.83. The van der Waals surface area contributed by atoms with Crippen molar-refractivity contribution in [3.05, 3.63) is 12.2 Å². The number of alkyl halides is 1. The van der Waals surface area contributed by atoms with Gasteiger partial charge in [-0.25, -0.2) is 0 Å². The van der Waals surface area contributed by atoms with Crippen LogP contribution < -0.4 is 0 Å². The van der Waals surface area contributed by atoms with E-state index in [1.54, 1.807) is 12.2 Å². The molecule has 0 aliphatic rings. The minimum atomic E-state index is 0.482. The maximum atomic E-state index is 5.56. The lowest BCUT2D eigenvalue weighted by atomic mass is 10.5. The normalized spacial score (nSPS) is 13.0. The first kappa shape index (κ1) is 8.99. The van der Waals surface area contributed by atoms with Gasteiger partial charge in [0.15, 0.2) is 0 Å². The zero-order valence-electron chi connectivity index (χ0n) is 5.27. The summed E-state index contributed by atoms with van der Waals surface area (Å²) < 4.78 is 0. The summed E-state index contributed by atoms with van der Waals surface area (Å²) in [6.07, 6.45) is 3.45. The number of hydrogen-bond acceptors (Lipinski definition) is 1. The second-order valence-corrected chi connectivity index (χ2v) is 2.05. The van der Waals surface area contributed by atoms with Crippen LogP contribution >= 0.6 is 23.2 Å². The van der Waals surface area contributed by atoms with Crippen molar-refractivity contribution in [3.8, 4) is 0 Å². The van der Waals surface area contributed by atoms with Crippen LogP contribution in [0.15, 0.2) is 17.1 Å². The summed E-state index contributed by atoms with van der Waals surface area (Å²) in [6, 6.07) is 0. The van der Waals surface area contributed by atoms with Gasteiger partial charge >= 0.3 is 0 Å². The molecule has 52 valence electrons. The van der Waals surface area contributed by atoms with Gasteiger partial charge in [0.2, 0.25) is 0 Å². The van der Waals surface area contributed by atoms with Crippen molar-refractivity contribution < 1.29 is 0 Å². The monoisotopic (exact) mass is 165 g/mol. The van der Waals surface area contributed by atoms with E-state index in [1.165, 1.54) is 0 Å². The Morgan fingerprint density at radius 3 is 2.78 bits per heavy atom. The highest BCUT2D eigenvalue weighted by Crippen LogP contribution is 1.89. The molecule has 0 saturated heterocycles. The Hall–Kier alpha value is -0.0100. The molecule has 0 saturated carbocycles. The van der Waals surface area contributed by atoms with E-state index < -0.39 is 0 Å². The van der Waals surface area contributed by atoms with Crippen LogP contribution in [-0.2, 0) is 0 Å². The average molecular weight is 166 g/mol. The van der Waals surface area contributed by atoms with Crippen molar-refractivity contribution in [1.82, 2.24) is 0 Å². The largest absolute Gasteiger partial charge is 0.273 e. The maximum absolute atomic E-state index is 5.56. The molecule has 0 bridgehead atoms. The quantitative estimate of drug-likeness (QED) is 0.451. The molecule has 0 aromatic rings. The Labute approximate surface area is 65.4 Å². The number of nitrogens with zero attached hydrogens (tertiary/aromatic N) is 1. The molecule has 9 heavy (non-hydrogen) atoms. The molecule has 0 atom stereocenters. The SMILES string of the molecule is CCN=C(Cl)/C=C\CCl. The molecule has 0 aromatic heterocycles. The third-order valence-electron chi connectivity index (χ3n) is 0.654. The molecule has 0 heterocycles. The first-order valence-corrected chi connectivity index (χ1v) is 3.65. The highest BCUT2D eigenvalue weighted by molar-refractivity contribution is 6.68. The Morgan fingerprint density at radius 1 is 1.67 bits per heavy atom. The van der Waals surface area contributed by atoms with Crippen LogP contribution in [0.25, 0.3) is 0 Å². The summed E-state index contributed by atoms with van der Waals surface area (Å²) in [4.78, 5) is 3.90. The molecule has 0 rings (SSSR count). The number of aliphatic imine (C=N–C) groups is 1. The van der Waals surface area contributed by atoms with E-state index in [-0.39, 0.29) is 0 Å². The van der Waals surface area contributed by atoms with Gasteiger partial charge in [-0.1, -0.05) is 17.7 Å². The Kier molecular flexibility index (Phi) is 6.11. The topological polar surface area (TPSA) is 12.4 Å². The summed E-state index contributed by atoms with van der Waals surface area (Å²) in [5.41, 5.74) is 0. The third-order valence-corrected chi connectivity index (χ3v) is 1.08. The molecule has 0 radical (unpaired) electrons. The highest BCUT2D eigenvalue weighted by atomic mass is 35.5. The fraction of sp³-hybridized carbons (Fsp3) is 0.500. The van der Waals surface area contributed by atoms with E-state index in [4.69, 9.17) is 23.2 Å². The van der Waals surface area contributed by atoms with Crippen LogP contribution in [0.1, 0.15) is 6.92 Å². The minimum absolute atomic E-state index is 0.482. The van der Waals surface area contributed by atoms with Crippen LogP contribution in [0.5, 0.6) is 0 Å². The third kappa shape index (κ3) is 5.87. The van der Waals surface area contributed by atoms with Crippen molar-refractivity contribution in [3.63, 3.8) is 0 Å². The van der Waals surface area contributed by atoms with E-state index in [2.05, 4.69) is 4.99 Å². The lowest BCUT2D eigenvalue weighted by molar-refractivity contribution is 1.14. The Balaban J connectivity index is 3.60. The maximum Gasteiger partial charge on any atom is 0.123 e. The van der Waals surface area contributed by atoms with Gasteiger partial charge in [-0.3, -0.25) is 4.99 Å². The standard InChI is InChI=1S/C6H9Cl2N/c1-2-9-6(8)4-3-5-7/h3-4H,2,5H2,1H3/b4-3-,9-6?.